The lowest BCUT2D eigenvalue weighted by molar-refractivity contribution is 0.0346. The summed E-state index contributed by atoms with van der Waals surface area (Å²) in [6, 6.07) is 6.42. The minimum Gasteiger partial charge on any atom is -0.383 e. The molecule has 0 amide bonds. The molecule has 1 saturated heterocycles. The molecule has 0 aromatic carbocycles. The van der Waals surface area contributed by atoms with Crippen LogP contribution in [0, 0.1) is 0 Å². The van der Waals surface area contributed by atoms with E-state index in [0.29, 0.717) is 5.82 Å². The summed E-state index contributed by atoms with van der Waals surface area (Å²) in [4.78, 5) is 16.5. The molecule has 28 heavy (non-hydrogen) atoms. The summed E-state index contributed by atoms with van der Waals surface area (Å²) >= 11 is 3.46. The van der Waals surface area contributed by atoms with E-state index in [0.717, 1.165) is 53.8 Å². The zero-order valence-corrected chi connectivity index (χ0v) is 19.0. The zero-order valence-electron chi connectivity index (χ0n) is 17.4. The second-order valence-corrected chi connectivity index (χ2v) is 9.87. The monoisotopic (exact) mass is 418 g/mol. The fraction of sp³-hybridized carbons (Fsp3) is 0.524. The standard InChI is InChI=1S/C19H24N4OS2.C2H6/c1-19(2,3)15-5-4-14(26-15)17-21-16(20)13-10-12(25-18(13)22-17)11-23-6-8-24-9-7-23;1-2/h4-5,10H,6-9,11H2,1-3H3,(H2,20,21,22);1-2H3. The molecule has 2 N–H and O–H groups in total. The summed E-state index contributed by atoms with van der Waals surface area (Å²) < 4.78 is 5.43. The normalized spacial score (nSPS) is 15.5. The first-order chi connectivity index (χ1) is 13.4. The summed E-state index contributed by atoms with van der Waals surface area (Å²) in [5.41, 5.74) is 6.39. The summed E-state index contributed by atoms with van der Waals surface area (Å²) in [5, 5.41) is 0.967. The highest BCUT2D eigenvalue weighted by Crippen LogP contribution is 2.36. The van der Waals surface area contributed by atoms with Crippen LogP contribution in [0.5, 0.6) is 0 Å². The number of aromatic nitrogens is 2. The van der Waals surface area contributed by atoms with Crippen molar-refractivity contribution in [3.63, 3.8) is 0 Å². The van der Waals surface area contributed by atoms with Gasteiger partial charge < -0.3 is 10.5 Å². The van der Waals surface area contributed by atoms with Gasteiger partial charge in [0.25, 0.3) is 0 Å². The molecular weight excluding hydrogens is 388 g/mol. The molecule has 152 valence electrons. The molecule has 1 aliphatic rings. The van der Waals surface area contributed by atoms with Crippen LogP contribution in [0.25, 0.3) is 20.9 Å². The highest BCUT2D eigenvalue weighted by Gasteiger charge is 2.19. The predicted molar refractivity (Wildman–Crippen MR) is 121 cm³/mol. The van der Waals surface area contributed by atoms with E-state index in [-0.39, 0.29) is 5.41 Å². The molecule has 7 heteroatoms. The summed E-state index contributed by atoms with van der Waals surface area (Å²) in [7, 11) is 0. The Hall–Kier alpha value is -1.54. The van der Waals surface area contributed by atoms with Crippen LogP contribution < -0.4 is 5.73 Å². The van der Waals surface area contributed by atoms with E-state index < -0.39 is 0 Å². The first kappa shape index (κ1) is 21.2. The van der Waals surface area contributed by atoms with E-state index in [2.05, 4.69) is 48.9 Å². The molecule has 0 aliphatic carbocycles. The lowest BCUT2D eigenvalue weighted by Crippen LogP contribution is -2.35. The Labute approximate surface area is 175 Å². The lowest BCUT2D eigenvalue weighted by Gasteiger charge is -2.25. The number of nitrogens with zero attached hydrogens (tertiary/aromatic N) is 3. The van der Waals surface area contributed by atoms with E-state index in [1.54, 1.807) is 22.7 Å². The van der Waals surface area contributed by atoms with Crippen LogP contribution in [-0.2, 0) is 16.7 Å². The van der Waals surface area contributed by atoms with Crippen molar-refractivity contribution in [2.24, 2.45) is 0 Å². The van der Waals surface area contributed by atoms with Gasteiger partial charge in [0.05, 0.1) is 23.5 Å². The average molecular weight is 419 g/mol. The largest absolute Gasteiger partial charge is 0.383 e. The van der Waals surface area contributed by atoms with Crippen molar-refractivity contribution in [3.8, 4) is 10.7 Å². The van der Waals surface area contributed by atoms with Crippen molar-refractivity contribution in [2.75, 3.05) is 32.0 Å². The van der Waals surface area contributed by atoms with E-state index in [9.17, 15) is 0 Å². The average Bonchev–Trinajstić information content (AvgIpc) is 3.31. The first-order valence-corrected chi connectivity index (χ1v) is 11.5. The molecule has 4 heterocycles. The fourth-order valence-corrected chi connectivity index (χ4v) is 5.10. The van der Waals surface area contributed by atoms with Crippen LogP contribution in [0.1, 0.15) is 44.4 Å². The zero-order chi connectivity index (χ0) is 20.3. The quantitative estimate of drug-likeness (QED) is 0.636. The number of fused-ring (bicyclic) bond motifs is 1. The maximum absolute atomic E-state index is 6.26. The molecule has 5 nitrogen and oxygen atoms in total. The SMILES string of the molecule is CC.CC(C)(C)c1ccc(-c2nc(N)c3cc(CN4CCOCC4)sc3n2)s1. The summed E-state index contributed by atoms with van der Waals surface area (Å²) in [6.07, 6.45) is 0. The van der Waals surface area contributed by atoms with Crippen molar-refractivity contribution in [3.05, 3.63) is 28.0 Å². The lowest BCUT2D eigenvalue weighted by atomic mass is 9.95. The highest BCUT2D eigenvalue weighted by molar-refractivity contribution is 7.18. The van der Waals surface area contributed by atoms with Crippen molar-refractivity contribution < 1.29 is 4.74 Å². The van der Waals surface area contributed by atoms with Gasteiger partial charge in [-0.25, -0.2) is 9.97 Å². The molecule has 4 rings (SSSR count). The Morgan fingerprint density at radius 3 is 2.46 bits per heavy atom. The summed E-state index contributed by atoms with van der Waals surface area (Å²) in [6.45, 7) is 15.2. The number of thiophene rings is 2. The molecule has 1 fully saturated rings. The number of hydrogen-bond acceptors (Lipinski definition) is 7. The third-order valence-corrected chi connectivity index (χ3v) is 7.04. The van der Waals surface area contributed by atoms with Gasteiger partial charge in [0.2, 0.25) is 0 Å². The van der Waals surface area contributed by atoms with Crippen molar-refractivity contribution >= 4 is 38.7 Å². The topological polar surface area (TPSA) is 64.3 Å². The highest BCUT2D eigenvalue weighted by atomic mass is 32.1. The molecule has 3 aromatic rings. The molecule has 0 atom stereocenters. The van der Waals surface area contributed by atoms with Crippen LogP contribution in [-0.4, -0.2) is 41.2 Å². The van der Waals surface area contributed by atoms with Crippen molar-refractivity contribution in [1.82, 2.24) is 14.9 Å². The summed E-state index contributed by atoms with van der Waals surface area (Å²) in [5.74, 6) is 1.30. The molecule has 0 saturated carbocycles. The smallest absolute Gasteiger partial charge is 0.173 e. The minimum absolute atomic E-state index is 0.132. The maximum Gasteiger partial charge on any atom is 0.173 e. The van der Waals surface area contributed by atoms with Gasteiger partial charge in [0.1, 0.15) is 10.6 Å². The fourth-order valence-electron chi connectivity index (χ4n) is 3.02. The van der Waals surface area contributed by atoms with Gasteiger partial charge in [-0.05, 0) is 23.6 Å². The molecule has 0 unspecified atom stereocenters. The molecule has 0 bridgehead atoms. The van der Waals surface area contributed by atoms with Crippen LogP contribution in [0.4, 0.5) is 5.82 Å². The van der Waals surface area contributed by atoms with Crippen LogP contribution in [0.15, 0.2) is 18.2 Å². The predicted octanol–water partition coefficient (Wildman–Crippen LogP) is 5.16. The number of rotatable bonds is 3. The van der Waals surface area contributed by atoms with Crippen molar-refractivity contribution in [1.29, 1.82) is 0 Å². The third-order valence-electron chi connectivity index (χ3n) is 4.52. The van der Waals surface area contributed by atoms with Crippen LogP contribution >= 0.6 is 22.7 Å². The second-order valence-electron chi connectivity index (χ2n) is 7.67. The second kappa shape index (κ2) is 8.86. The van der Waals surface area contributed by atoms with Gasteiger partial charge in [0, 0.05) is 29.4 Å². The minimum atomic E-state index is 0.132. The van der Waals surface area contributed by atoms with Crippen molar-refractivity contribution in [2.45, 2.75) is 46.6 Å². The molecule has 1 aliphatic heterocycles. The number of ether oxygens (including phenoxy) is 1. The van der Waals surface area contributed by atoms with Gasteiger partial charge >= 0.3 is 0 Å². The number of nitrogens with two attached hydrogens (primary N) is 1. The third kappa shape index (κ3) is 4.71. The van der Waals surface area contributed by atoms with Gasteiger partial charge in [-0.1, -0.05) is 34.6 Å². The van der Waals surface area contributed by atoms with Crippen LogP contribution in [0.3, 0.4) is 0 Å². The van der Waals surface area contributed by atoms with Gasteiger partial charge in [-0.2, -0.15) is 0 Å². The number of hydrogen-bond donors (Lipinski definition) is 1. The van der Waals surface area contributed by atoms with E-state index >= 15 is 0 Å². The maximum atomic E-state index is 6.26. The Morgan fingerprint density at radius 2 is 1.82 bits per heavy atom. The van der Waals surface area contributed by atoms with E-state index in [1.165, 1.54) is 9.75 Å². The van der Waals surface area contributed by atoms with Crippen LogP contribution in [0.2, 0.25) is 0 Å². The molecule has 0 radical (unpaired) electrons. The van der Waals surface area contributed by atoms with Gasteiger partial charge in [-0.3, -0.25) is 4.90 Å². The number of anilines is 1. The molecule has 0 spiro atoms. The Morgan fingerprint density at radius 1 is 1.11 bits per heavy atom. The Kier molecular flexibility index (Phi) is 6.70. The number of morpholine rings is 1. The van der Waals surface area contributed by atoms with E-state index in [1.807, 2.05) is 13.8 Å². The Balaban J connectivity index is 0.00000109. The van der Waals surface area contributed by atoms with Gasteiger partial charge in [0.15, 0.2) is 5.82 Å². The molecule has 3 aromatic heterocycles. The van der Waals surface area contributed by atoms with E-state index in [4.69, 9.17) is 15.5 Å². The molecular formula is C21H30N4OS2. The first-order valence-electron chi connectivity index (χ1n) is 9.87. The Bertz CT molecular complexity index is 920. The number of nitrogen functional groups attached to an aromatic ring is 1. The van der Waals surface area contributed by atoms with Gasteiger partial charge in [-0.15, -0.1) is 22.7 Å².